The molecule has 8 heteroatoms. The summed E-state index contributed by atoms with van der Waals surface area (Å²) in [6.45, 7) is 1.28. The van der Waals surface area contributed by atoms with Crippen LogP contribution in [0.15, 0.2) is 29.3 Å². The molecular weight excluding hydrogens is 314 g/mol. The van der Waals surface area contributed by atoms with Gasteiger partial charge < -0.3 is 5.11 Å². The van der Waals surface area contributed by atoms with Gasteiger partial charge in [-0.1, -0.05) is 23.4 Å². The van der Waals surface area contributed by atoms with Crippen molar-refractivity contribution in [3.8, 4) is 11.8 Å². The smallest absolute Gasteiger partial charge is 0.265 e. The van der Waals surface area contributed by atoms with Crippen LogP contribution in [-0.2, 0) is 10.0 Å². The van der Waals surface area contributed by atoms with Crippen LogP contribution in [0.1, 0.15) is 11.3 Å². The second-order valence-corrected chi connectivity index (χ2v) is 6.20. The summed E-state index contributed by atoms with van der Waals surface area (Å²) in [5, 5.41) is 15.4. The van der Waals surface area contributed by atoms with E-state index in [1.807, 2.05) is 0 Å². The first kappa shape index (κ1) is 15.4. The lowest BCUT2D eigenvalue weighted by molar-refractivity contribution is 0.350. The first-order valence-electron chi connectivity index (χ1n) is 5.86. The molecule has 0 bridgehead atoms. The van der Waals surface area contributed by atoms with Crippen molar-refractivity contribution in [3.05, 3.63) is 40.7 Å². The molecule has 0 radical (unpaired) electrons. The van der Waals surface area contributed by atoms with Gasteiger partial charge in [0.2, 0.25) is 0 Å². The highest BCUT2D eigenvalue weighted by molar-refractivity contribution is 7.92. The van der Waals surface area contributed by atoms with E-state index in [9.17, 15) is 8.42 Å². The lowest BCUT2D eigenvalue weighted by Crippen LogP contribution is -2.14. The van der Waals surface area contributed by atoms with Gasteiger partial charge in [-0.05, 0) is 25.1 Å². The molecule has 1 aromatic carbocycles. The quantitative estimate of drug-likeness (QED) is 0.746. The fourth-order valence-corrected chi connectivity index (χ4v) is 3.04. The van der Waals surface area contributed by atoms with Crippen LogP contribution in [0.5, 0.6) is 0 Å². The summed E-state index contributed by atoms with van der Waals surface area (Å²) in [5.74, 6) is 5.13. The third-order valence-corrected chi connectivity index (χ3v) is 4.32. The van der Waals surface area contributed by atoms with Crippen LogP contribution in [0.4, 0.5) is 5.69 Å². The highest BCUT2D eigenvalue weighted by Gasteiger charge is 2.19. The van der Waals surface area contributed by atoms with Crippen molar-refractivity contribution in [2.45, 2.75) is 11.8 Å². The van der Waals surface area contributed by atoms with Crippen molar-refractivity contribution in [1.29, 1.82) is 0 Å². The number of hydrogen-bond acceptors (Lipinski definition) is 4. The minimum Gasteiger partial charge on any atom is -0.384 e. The summed E-state index contributed by atoms with van der Waals surface area (Å²) in [7, 11) is -3.80. The number of sulfonamides is 1. The Morgan fingerprint density at radius 1 is 1.48 bits per heavy atom. The Bertz CT molecular complexity index is 819. The molecule has 0 spiro atoms. The molecular formula is C13H12ClN3O3S. The molecule has 0 saturated carbocycles. The molecule has 0 saturated heterocycles. The lowest BCUT2D eigenvalue weighted by Gasteiger charge is -2.09. The van der Waals surface area contributed by atoms with Gasteiger partial charge >= 0.3 is 0 Å². The Labute approximate surface area is 127 Å². The number of nitrogens with zero attached hydrogens (tertiary/aromatic N) is 1. The highest BCUT2D eigenvalue weighted by atomic mass is 35.5. The Hall–Kier alpha value is -2.01. The van der Waals surface area contributed by atoms with Gasteiger partial charge in [-0.3, -0.25) is 9.82 Å². The van der Waals surface area contributed by atoms with Gasteiger partial charge in [-0.25, -0.2) is 8.42 Å². The van der Waals surface area contributed by atoms with Crippen molar-refractivity contribution in [3.63, 3.8) is 0 Å². The molecule has 0 atom stereocenters. The van der Waals surface area contributed by atoms with Crippen molar-refractivity contribution >= 4 is 27.3 Å². The van der Waals surface area contributed by atoms with Gasteiger partial charge in [0.1, 0.15) is 11.5 Å². The number of anilines is 1. The molecule has 0 fully saturated rings. The first-order chi connectivity index (χ1) is 9.94. The van der Waals surface area contributed by atoms with E-state index >= 15 is 0 Å². The third kappa shape index (κ3) is 3.55. The Morgan fingerprint density at radius 2 is 2.24 bits per heavy atom. The minimum atomic E-state index is -3.80. The molecule has 2 aromatic rings. The Kier molecular flexibility index (Phi) is 4.53. The highest BCUT2D eigenvalue weighted by Crippen LogP contribution is 2.24. The molecule has 0 amide bonds. The van der Waals surface area contributed by atoms with Crippen LogP contribution in [0.3, 0.4) is 0 Å². The molecule has 3 N–H and O–H groups in total. The zero-order valence-corrected chi connectivity index (χ0v) is 12.6. The largest absolute Gasteiger partial charge is 0.384 e. The number of aryl methyl sites for hydroxylation is 1. The van der Waals surface area contributed by atoms with E-state index in [-0.39, 0.29) is 17.2 Å². The maximum atomic E-state index is 12.3. The number of halogens is 1. The van der Waals surface area contributed by atoms with E-state index in [1.54, 1.807) is 19.1 Å². The van der Waals surface area contributed by atoms with Crippen LogP contribution < -0.4 is 4.72 Å². The van der Waals surface area contributed by atoms with Crippen LogP contribution >= 0.6 is 11.6 Å². The summed E-state index contributed by atoms with van der Waals surface area (Å²) in [6.07, 6.45) is 1.22. The van der Waals surface area contributed by atoms with E-state index in [2.05, 4.69) is 26.8 Å². The van der Waals surface area contributed by atoms with Crippen LogP contribution in [0, 0.1) is 18.8 Å². The van der Waals surface area contributed by atoms with E-state index in [4.69, 9.17) is 16.7 Å². The standard InChI is InChI=1S/C13H12ClN3O3S/c1-9-13(8-15-16-9)21(19,20)17-12-7-11(14)5-4-10(12)3-2-6-18/h4-5,7-8,17-18H,6H2,1H3,(H,15,16). The maximum absolute atomic E-state index is 12.3. The predicted molar refractivity (Wildman–Crippen MR) is 79.5 cm³/mol. The second-order valence-electron chi connectivity index (χ2n) is 4.11. The number of aromatic amines is 1. The SMILES string of the molecule is Cc1[nH]ncc1S(=O)(=O)Nc1cc(Cl)ccc1C#CCO. The molecule has 0 aliphatic rings. The van der Waals surface area contributed by atoms with Crippen molar-refractivity contribution < 1.29 is 13.5 Å². The normalized spacial score (nSPS) is 10.8. The number of aromatic nitrogens is 2. The van der Waals surface area contributed by atoms with E-state index in [0.29, 0.717) is 16.3 Å². The van der Waals surface area contributed by atoms with Crippen molar-refractivity contribution in [2.24, 2.45) is 0 Å². The topological polar surface area (TPSA) is 95.1 Å². The van der Waals surface area contributed by atoms with Crippen LogP contribution in [-0.4, -0.2) is 30.3 Å². The molecule has 0 aliphatic heterocycles. The van der Waals surface area contributed by atoms with Crippen LogP contribution in [0.2, 0.25) is 5.02 Å². The van der Waals surface area contributed by atoms with Gasteiger partial charge in [0.15, 0.2) is 0 Å². The number of aliphatic hydroxyl groups is 1. The average molecular weight is 326 g/mol. The fourth-order valence-electron chi connectivity index (χ4n) is 1.65. The van der Waals surface area contributed by atoms with Crippen molar-refractivity contribution in [2.75, 3.05) is 11.3 Å². The molecule has 1 heterocycles. The molecule has 2 rings (SSSR count). The summed E-state index contributed by atoms with van der Waals surface area (Å²) < 4.78 is 27.0. The van der Waals surface area contributed by atoms with E-state index in [0.717, 1.165) is 0 Å². The molecule has 21 heavy (non-hydrogen) atoms. The second kappa shape index (κ2) is 6.18. The zero-order valence-electron chi connectivity index (χ0n) is 11.0. The fraction of sp³-hybridized carbons (Fsp3) is 0.154. The van der Waals surface area contributed by atoms with Gasteiger partial charge in [0.25, 0.3) is 10.0 Å². The summed E-state index contributed by atoms with van der Waals surface area (Å²) in [4.78, 5) is 0.0449. The van der Waals surface area contributed by atoms with E-state index < -0.39 is 10.0 Å². The Morgan fingerprint density at radius 3 is 2.86 bits per heavy atom. The molecule has 0 aliphatic carbocycles. The van der Waals surface area contributed by atoms with E-state index in [1.165, 1.54) is 12.3 Å². The molecule has 110 valence electrons. The number of nitrogens with one attached hydrogen (secondary N) is 2. The van der Waals surface area contributed by atoms with Gasteiger partial charge in [0.05, 0.1) is 17.6 Å². The molecule has 1 aromatic heterocycles. The van der Waals surface area contributed by atoms with Gasteiger partial charge in [0, 0.05) is 10.6 Å². The molecule has 6 nitrogen and oxygen atoms in total. The first-order valence-corrected chi connectivity index (χ1v) is 7.72. The summed E-state index contributed by atoms with van der Waals surface area (Å²) >= 11 is 5.88. The van der Waals surface area contributed by atoms with Gasteiger partial charge in [-0.2, -0.15) is 5.10 Å². The van der Waals surface area contributed by atoms with Crippen molar-refractivity contribution in [1.82, 2.24) is 10.2 Å². The average Bonchev–Trinajstić information content (AvgIpc) is 2.84. The van der Waals surface area contributed by atoms with Gasteiger partial charge in [-0.15, -0.1) is 0 Å². The minimum absolute atomic E-state index is 0.0449. The molecule has 0 unspecified atom stereocenters. The third-order valence-electron chi connectivity index (χ3n) is 2.60. The number of rotatable bonds is 3. The number of H-pyrrole nitrogens is 1. The number of hydrogen-bond donors (Lipinski definition) is 3. The predicted octanol–water partition coefficient (Wildman–Crippen LogP) is 1.52. The zero-order chi connectivity index (χ0) is 15.5. The monoisotopic (exact) mass is 325 g/mol. The number of aliphatic hydroxyl groups excluding tert-OH is 1. The maximum Gasteiger partial charge on any atom is 0.265 e. The number of benzene rings is 1. The summed E-state index contributed by atoms with van der Waals surface area (Å²) in [5.41, 5.74) is 1.08. The summed E-state index contributed by atoms with van der Waals surface area (Å²) in [6, 6.07) is 4.62. The van der Waals surface area contributed by atoms with Crippen LogP contribution in [0.25, 0.3) is 0 Å². The Balaban J connectivity index is 2.44. The lowest BCUT2D eigenvalue weighted by atomic mass is 10.2.